The largest absolute Gasteiger partial charge is 0.493 e. The van der Waals surface area contributed by atoms with Gasteiger partial charge in [0.25, 0.3) is 5.56 Å². The summed E-state index contributed by atoms with van der Waals surface area (Å²) in [6.07, 6.45) is 9.57. The Morgan fingerprint density at radius 3 is 2.36 bits per heavy atom. The number of benzene rings is 2. The number of aromatic nitrogens is 2. The summed E-state index contributed by atoms with van der Waals surface area (Å²) < 4.78 is 1.83. The molecule has 202 valence electrons. The molecule has 4 aliphatic rings. The number of hydrogen-bond acceptors (Lipinski definition) is 4. The number of aryl methyl sites for hydroxylation is 1. The van der Waals surface area contributed by atoms with Crippen LogP contribution in [0.4, 0.5) is 10.5 Å². The van der Waals surface area contributed by atoms with E-state index < -0.39 is 23.2 Å². The summed E-state index contributed by atoms with van der Waals surface area (Å²) in [6.45, 7) is 1.92. The first-order valence-corrected chi connectivity index (χ1v) is 14.4. The van der Waals surface area contributed by atoms with E-state index in [0.29, 0.717) is 17.8 Å². The molecule has 4 bridgehead atoms. The maximum atomic E-state index is 12.6. The molecule has 7 rings (SSSR count). The second-order valence-electron chi connectivity index (χ2n) is 11.4. The van der Waals surface area contributed by atoms with Crippen LogP contribution in [0.3, 0.4) is 0 Å². The van der Waals surface area contributed by atoms with E-state index in [1.54, 1.807) is 12.1 Å². The first kappa shape index (κ1) is 25.8. The molecule has 0 spiro atoms. The topological polar surface area (TPSA) is 117 Å². The molecule has 0 radical (unpaired) electrons. The second-order valence-corrected chi connectivity index (χ2v) is 12.3. The molecule has 4 aliphatic carbocycles. The smallest absolute Gasteiger partial charge is 0.345 e. The van der Waals surface area contributed by atoms with Crippen LogP contribution in [0.15, 0.2) is 61.5 Å². The molecule has 1 heterocycles. The van der Waals surface area contributed by atoms with E-state index in [1.165, 1.54) is 44.1 Å². The molecule has 0 aliphatic heterocycles. The van der Waals surface area contributed by atoms with Gasteiger partial charge >= 0.3 is 11.7 Å². The quantitative estimate of drug-likeness (QED) is 0.332. The average molecular weight is 592 g/mol. The van der Waals surface area contributed by atoms with Crippen LogP contribution < -0.4 is 16.6 Å². The van der Waals surface area contributed by atoms with Crippen molar-refractivity contribution in [3.05, 3.63) is 84.5 Å². The molecule has 1 aromatic heterocycles. The third-order valence-corrected chi connectivity index (χ3v) is 9.38. The summed E-state index contributed by atoms with van der Waals surface area (Å²) in [5, 5.41) is 13.6. The standard InChI is InChI=1S/C30H31BrN4O4/c1-2-20-12-22(31)5-8-25(20)35-27(37)24(26(36)34-29(35)39)16-32-28(38)33-23-6-3-21(4-7-23)30-13-17-9-18(14-30)11-19(10-17)15-30/h3-8,12,16-19,37H,2,9-11,13-15H2,1H3,(H,33,38)(H,34,36,39). The molecule has 0 unspecified atom stereocenters. The van der Waals surface area contributed by atoms with E-state index in [-0.39, 0.29) is 11.0 Å². The third kappa shape index (κ3) is 4.77. The van der Waals surface area contributed by atoms with Crippen molar-refractivity contribution in [2.75, 3.05) is 5.32 Å². The zero-order valence-corrected chi connectivity index (χ0v) is 23.3. The fourth-order valence-corrected chi connectivity index (χ4v) is 7.99. The van der Waals surface area contributed by atoms with Crippen LogP contribution in [-0.4, -0.2) is 26.9 Å². The van der Waals surface area contributed by atoms with E-state index in [0.717, 1.165) is 38.6 Å². The lowest BCUT2D eigenvalue weighted by atomic mass is 9.48. The van der Waals surface area contributed by atoms with Gasteiger partial charge in [0.15, 0.2) is 0 Å². The number of aromatic hydroxyl groups is 1. The monoisotopic (exact) mass is 590 g/mol. The summed E-state index contributed by atoms with van der Waals surface area (Å²) in [4.78, 5) is 43.7. The molecule has 2 amide bonds. The van der Waals surface area contributed by atoms with Crippen molar-refractivity contribution in [1.82, 2.24) is 9.55 Å². The van der Waals surface area contributed by atoms with Gasteiger partial charge in [-0.3, -0.25) is 9.78 Å². The predicted molar refractivity (Wildman–Crippen MR) is 154 cm³/mol. The van der Waals surface area contributed by atoms with Gasteiger partial charge in [-0.05, 0) is 110 Å². The lowest BCUT2D eigenvalue weighted by Crippen LogP contribution is -2.48. The van der Waals surface area contributed by atoms with Gasteiger partial charge < -0.3 is 10.4 Å². The van der Waals surface area contributed by atoms with Crippen molar-refractivity contribution in [3.63, 3.8) is 0 Å². The molecule has 0 atom stereocenters. The Morgan fingerprint density at radius 2 is 1.74 bits per heavy atom. The number of nitrogens with one attached hydrogen (secondary N) is 2. The number of halogens is 1. The van der Waals surface area contributed by atoms with Crippen molar-refractivity contribution < 1.29 is 9.90 Å². The second kappa shape index (κ2) is 9.93. The fourth-order valence-electron chi connectivity index (χ4n) is 7.58. The van der Waals surface area contributed by atoms with Gasteiger partial charge in [-0.25, -0.2) is 19.1 Å². The molecule has 0 saturated heterocycles. The van der Waals surface area contributed by atoms with E-state index in [1.807, 2.05) is 25.1 Å². The first-order chi connectivity index (χ1) is 18.7. The van der Waals surface area contributed by atoms with Gasteiger partial charge in [0.1, 0.15) is 5.56 Å². The number of hydrogen-bond donors (Lipinski definition) is 3. The zero-order valence-electron chi connectivity index (χ0n) is 21.7. The summed E-state index contributed by atoms with van der Waals surface area (Å²) >= 11 is 3.41. The van der Waals surface area contributed by atoms with Gasteiger partial charge in [0, 0.05) is 10.2 Å². The number of aliphatic imine (C=N–C) groups is 1. The summed E-state index contributed by atoms with van der Waals surface area (Å²) in [7, 11) is 0. The SMILES string of the molecule is CCc1cc(Br)ccc1-n1c(O)c(C=NC(=O)Nc2ccc(C34CC5CC(CC(C5)C3)C4)cc2)c(=O)[nH]c1=O. The molecule has 3 N–H and O–H groups in total. The van der Waals surface area contributed by atoms with Crippen LogP contribution in [0.5, 0.6) is 5.88 Å². The highest BCUT2D eigenvalue weighted by atomic mass is 79.9. The predicted octanol–water partition coefficient (Wildman–Crippen LogP) is 5.68. The van der Waals surface area contributed by atoms with Crippen molar-refractivity contribution in [1.29, 1.82) is 0 Å². The van der Waals surface area contributed by atoms with Gasteiger partial charge in [0.05, 0.1) is 11.9 Å². The normalized spacial score (nSPS) is 25.3. The third-order valence-electron chi connectivity index (χ3n) is 8.88. The number of carbonyl (C=O) groups is 1. The van der Waals surface area contributed by atoms with E-state index in [4.69, 9.17) is 0 Å². The number of nitrogens with zero attached hydrogens (tertiary/aromatic N) is 2. The molecule has 4 saturated carbocycles. The Morgan fingerprint density at radius 1 is 1.10 bits per heavy atom. The minimum Gasteiger partial charge on any atom is -0.493 e. The Kier molecular flexibility index (Phi) is 6.57. The Balaban J connectivity index is 1.20. The number of aromatic amines is 1. The zero-order chi connectivity index (χ0) is 27.3. The van der Waals surface area contributed by atoms with Crippen LogP contribution in [0.2, 0.25) is 0 Å². The lowest BCUT2D eigenvalue weighted by Gasteiger charge is -2.57. The van der Waals surface area contributed by atoms with Gasteiger partial charge in [-0.1, -0.05) is 35.0 Å². The minimum atomic E-state index is -0.833. The maximum absolute atomic E-state index is 12.6. The molecular formula is C30H31BrN4O4. The van der Waals surface area contributed by atoms with Crippen LogP contribution in [0.25, 0.3) is 5.69 Å². The number of H-pyrrole nitrogens is 1. The Bertz CT molecular complexity index is 1550. The Labute approximate surface area is 234 Å². The molecule has 2 aromatic carbocycles. The van der Waals surface area contributed by atoms with Gasteiger partial charge in [-0.15, -0.1) is 0 Å². The minimum absolute atomic E-state index is 0.281. The van der Waals surface area contributed by atoms with E-state index in [9.17, 15) is 19.5 Å². The molecular weight excluding hydrogens is 560 g/mol. The first-order valence-electron chi connectivity index (χ1n) is 13.6. The summed E-state index contributed by atoms with van der Waals surface area (Å²) in [5.74, 6) is 1.99. The van der Waals surface area contributed by atoms with Gasteiger partial charge in [0.2, 0.25) is 5.88 Å². The molecule has 3 aromatic rings. The Hall–Kier alpha value is -3.46. The van der Waals surface area contributed by atoms with Crippen molar-refractivity contribution in [2.24, 2.45) is 22.7 Å². The molecule has 39 heavy (non-hydrogen) atoms. The average Bonchev–Trinajstić information content (AvgIpc) is 2.88. The van der Waals surface area contributed by atoms with Crippen LogP contribution >= 0.6 is 15.9 Å². The maximum Gasteiger partial charge on any atom is 0.345 e. The van der Waals surface area contributed by atoms with Crippen LogP contribution in [0, 0.1) is 17.8 Å². The number of urea groups is 1. The fraction of sp³-hybridized carbons (Fsp3) is 0.400. The highest BCUT2D eigenvalue weighted by Gasteiger charge is 2.51. The highest BCUT2D eigenvalue weighted by molar-refractivity contribution is 9.10. The summed E-state index contributed by atoms with van der Waals surface area (Å²) in [6, 6.07) is 12.6. The van der Waals surface area contributed by atoms with Crippen molar-refractivity contribution >= 4 is 33.9 Å². The van der Waals surface area contributed by atoms with Crippen LogP contribution in [-0.2, 0) is 11.8 Å². The molecule has 8 nitrogen and oxygen atoms in total. The van der Waals surface area contributed by atoms with E-state index >= 15 is 0 Å². The summed E-state index contributed by atoms with van der Waals surface area (Å²) in [5.41, 5.74) is 1.56. The highest BCUT2D eigenvalue weighted by Crippen LogP contribution is 2.60. The van der Waals surface area contributed by atoms with Gasteiger partial charge in [-0.2, -0.15) is 0 Å². The number of rotatable bonds is 5. The molecule has 9 heteroatoms. The lowest BCUT2D eigenvalue weighted by molar-refractivity contribution is -0.00518. The number of amides is 2. The number of anilines is 1. The number of carbonyl (C=O) groups excluding carboxylic acids is 1. The van der Waals surface area contributed by atoms with Crippen LogP contribution in [0.1, 0.15) is 62.1 Å². The molecule has 4 fully saturated rings. The van der Waals surface area contributed by atoms with Crippen molar-refractivity contribution in [2.45, 2.75) is 57.3 Å². The van der Waals surface area contributed by atoms with Crippen molar-refractivity contribution in [3.8, 4) is 11.6 Å². The van der Waals surface area contributed by atoms with E-state index in [2.05, 4.69) is 43.4 Å².